The molecular weight excluding hydrogens is 448 g/mol. The summed E-state index contributed by atoms with van der Waals surface area (Å²) in [7, 11) is 0. The zero-order valence-corrected chi connectivity index (χ0v) is 15.8. The van der Waals surface area contributed by atoms with E-state index in [9.17, 15) is 9.59 Å². The average molecular weight is 456 g/mol. The molecule has 0 atom stereocenters. The van der Waals surface area contributed by atoms with Crippen LogP contribution in [0.2, 0.25) is 0 Å². The third kappa shape index (κ3) is 3.01. The lowest BCUT2D eigenvalue weighted by Gasteiger charge is -2.08. The summed E-state index contributed by atoms with van der Waals surface area (Å²) in [6.07, 6.45) is 0. The van der Waals surface area contributed by atoms with Crippen molar-refractivity contribution in [3.63, 3.8) is 0 Å². The molecule has 0 spiro atoms. The van der Waals surface area contributed by atoms with Gasteiger partial charge in [0.05, 0.1) is 9.75 Å². The van der Waals surface area contributed by atoms with Crippen LogP contribution in [0.1, 0.15) is 30.5 Å². The summed E-state index contributed by atoms with van der Waals surface area (Å²) >= 11 is 9.62. The minimum absolute atomic E-state index is 0.0577. The lowest BCUT2D eigenvalue weighted by atomic mass is 10.0. The first-order valence-electron chi connectivity index (χ1n) is 6.23. The summed E-state index contributed by atoms with van der Waals surface area (Å²) in [5.74, 6) is -0.115. The molecule has 0 N–H and O–H groups in total. The van der Waals surface area contributed by atoms with Gasteiger partial charge in [-0.1, -0.05) is 44.0 Å². The van der Waals surface area contributed by atoms with Crippen LogP contribution in [0.3, 0.4) is 0 Å². The Morgan fingerprint density at radius 2 is 1.18 bits per heavy atom. The number of thiophene rings is 2. The molecule has 0 fully saturated rings. The van der Waals surface area contributed by atoms with E-state index in [1.165, 1.54) is 22.7 Å². The molecule has 0 radical (unpaired) electrons. The molecule has 3 rings (SSSR count). The molecule has 22 heavy (non-hydrogen) atoms. The van der Waals surface area contributed by atoms with Crippen LogP contribution in [-0.4, -0.2) is 11.6 Å². The van der Waals surface area contributed by atoms with Gasteiger partial charge in [-0.15, -0.1) is 22.7 Å². The smallest absolute Gasteiger partial charge is 0.204 e. The second kappa shape index (κ2) is 6.58. The van der Waals surface area contributed by atoms with E-state index < -0.39 is 0 Å². The number of ketones is 2. The zero-order valence-electron chi connectivity index (χ0n) is 11.0. The highest BCUT2D eigenvalue weighted by atomic mass is 79.9. The molecule has 0 amide bonds. The molecule has 0 saturated carbocycles. The maximum Gasteiger partial charge on any atom is 0.204 e. The molecule has 6 heteroatoms. The Hall–Kier alpha value is -1.08. The van der Waals surface area contributed by atoms with Crippen molar-refractivity contribution in [3.05, 3.63) is 77.0 Å². The van der Waals surface area contributed by atoms with Gasteiger partial charge in [-0.05, 0) is 35.0 Å². The highest BCUT2D eigenvalue weighted by molar-refractivity contribution is 9.11. The number of benzene rings is 1. The largest absolute Gasteiger partial charge is 0.288 e. The van der Waals surface area contributed by atoms with Crippen molar-refractivity contribution in [2.45, 2.75) is 0 Å². The summed E-state index contributed by atoms with van der Waals surface area (Å²) in [5, 5.41) is 3.73. The first kappa shape index (κ1) is 15.8. The Morgan fingerprint density at radius 1 is 0.773 bits per heavy atom. The predicted octanol–water partition coefficient (Wildman–Crippen LogP) is 5.80. The molecule has 2 aromatic heterocycles. The number of hydrogen-bond acceptors (Lipinski definition) is 4. The molecule has 0 unspecified atom stereocenters. The van der Waals surface area contributed by atoms with Crippen LogP contribution in [0.5, 0.6) is 0 Å². The first-order valence-corrected chi connectivity index (χ1v) is 9.58. The van der Waals surface area contributed by atoms with Gasteiger partial charge in [0.1, 0.15) is 0 Å². The number of halogens is 2. The van der Waals surface area contributed by atoms with E-state index in [-0.39, 0.29) is 11.6 Å². The number of hydrogen-bond donors (Lipinski definition) is 0. The Bertz CT molecular complexity index is 765. The van der Waals surface area contributed by atoms with Gasteiger partial charge >= 0.3 is 0 Å². The molecule has 0 aliphatic rings. The maximum absolute atomic E-state index is 12.5. The monoisotopic (exact) mass is 454 g/mol. The lowest BCUT2D eigenvalue weighted by Crippen LogP contribution is -2.05. The van der Waals surface area contributed by atoms with Gasteiger partial charge in [-0.2, -0.15) is 0 Å². The molecule has 0 aliphatic carbocycles. The predicted molar refractivity (Wildman–Crippen MR) is 97.3 cm³/mol. The van der Waals surface area contributed by atoms with Gasteiger partial charge in [0.2, 0.25) is 11.6 Å². The molecule has 1 aromatic carbocycles. The Labute approximate surface area is 152 Å². The summed E-state index contributed by atoms with van der Waals surface area (Å²) in [5.41, 5.74) is 1.08. The van der Waals surface area contributed by atoms with Crippen LogP contribution in [0.25, 0.3) is 0 Å². The van der Waals surface area contributed by atoms with Gasteiger partial charge in [-0.3, -0.25) is 9.59 Å². The SMILES string of the molecule is O=C(c1cccs1)c1cc(Br)c(C(=O)c2cccs2)cc1Br. The van der Waals surface area contributed by atoms with Gasteiger partial charge in [0.25, 0.3) is 0 Å². The van der Waals surface area contributed by atoms with Crippen molar-refractivity contribution in [3.8, 4) is 0 Å². The number of carbonyl (C=O) groups excluding carboxylic acids is 2. The van der Waals surface area contributed by atoms with Gasteiger partial charge in [0.15, 0.2) is 0 Å². The standard InChI is InChI=1S/C16H8Br2O2S2/c17-11-8-10(16(20)14-4-2-6-22-14)12(18)7-9(11)15(19)13-3-1-5-21-13/h1-8H. The van der Waals surface area contributed by atoms with Crippen molar-refractivity contribution < 1.29 is 9.59 Å². The van der Waals surface area contributed by atoms with Crippen LogP contribution >= 0.6 is 54.5 Å². The highest BCUT2D eigenvalue weighted by Gasteiger charge is 2.20. The fourth-order valence-electron chi connectivity index (χ4n) is 1.98. The van der Waals surface area contributed by atoms with Gasteiger partial charge in [-0.25, -0.2) is 0 Å². The molecule has 2 nitrogen and oxygen atoms in total. The molecule has 0 bridgehead atoms. The fourth-order valence-corrected chi connectivity index (χ4v) is 4.38. The zero-order chi connectivity index (χ0) is 15.7. The molecule has 0 saturated heterocycles. The van der Waals surface area contributed by atoms with Crippen molar-refractivity contribution >= 4 is 66.1 Å². The summed E-state index contributed by atoms with van der Waals surface area (Å²) in [4.78, 5) is 26.3. The van der Waals surface area contributed by atoms with Crippen LogP contribution < -0.4 is 0 Å². The Kier molecular flexibility index (Phi) is 4.73. The molecule has 110 valence electrons. The van der Waals surface area contributed by atoms with E-state index in [1.54, 1.807) is 24.3 Å². The normalized spacial score (nSPS) is 10.6. The van der Waals surface area contributed by atoms with E-state index in [0.717, 1.165) is 0 Å². The molecule has 2 heterocycles. The van der Waals surface area contributed by atoms with Gasteiger partial charge < -0.3 is 0 Å². The lowest BCUT2D eigenvalue weighted by molar-refractivity contribution is 0.103. The van der Waals surface area contributed by atoms with Crippen LogP contribution in [0, 0.1) is 0 Å². The first-order chi connectivity index (χ1) is 10.6. The number of carbonyl (C=O) groups is 2. The van der Waals surface area contributed by atoms with Crippen molar-refractivity contribution in [2.24, 2.45) is 0 Å². The molecular formula is C16H8Br2O2S2. The Morgan fingerprint density at radius 3 is 1.50 bits per heavy atom. The quantitative estimate of drug-likeness (QED) is 0.466. The third-order valence-electron chi connectivity index (χ3n) is 3.04. The van der Waals surface area contributed by atoms with Crippen molar-refractivity contribution in [2.75, 3.05) is 0 Å². The topological polar surface area (TPSA) is 34.1 Å². The second-order valence-corrected chi connectivity index (χ2v) is 8.03. The summed E-state index contributed by atoms with van der Waals surface area (Å²) in [6, 6.07) is 10.7. The summed E-state index contributed by atoms with van der Waals surface area (Å²) in [6.45, 7) is 0. The minimum atomic E-state index is -0.0577. The third-order valence-corrected chi connectivity index (χ3v) is 6.09. The minimum Gasteiger partial charge on any atom is -0.288 e. The van der Waals surface area contributed by atoms with E-state index in [1.807, 2.05) is 22.9 Å². The van der Waals surface area contributed by atoms with E-state index >= 15 is 0 Å². The fraction of sp³-hybridized carbons (Fsp3) is 0. The number of rotatable bonds is 4. The average Bonchev–Trinajstić information content (AvgIpc) is 3.20. The Balaban J connectivity index is 2.02. The van der Waals surface area contributed by atoms with Crippen molar-refractivity contribution in [1.29, 1.82) is 0 Å². The van der Waals surface area contributed by atoms with Crippen LogP contribution in [0.4, 0.5) is 0 Å². The van der Waals surface area contributed by atoms with Crippen molar-refractivity contribution in [1.82, 2.24) is 0 Å². The summed E-state index contributed by atoms with van der Waals surface area (Å²) < 4.78 is 1.24. The van der Waals surface area contributed by atoms with Crippen LogP contribution in [-0.2, 0) is 0 Å². The van der Waals surface area contributed by atoms with Crippen LogP contribution in [0.15, 0.2) is 56.1 Å². The molecule has 0 aliphatic heterocycles. The van der Waals surface area contributed by atoms with E-state index in [4.69, 9.17) is 0 Å². The van der Waals surface area contributed by atoms with E-state index in [2.05, 4.69) is 31.9 Å². The highest BCUT2D eigenvalue weighted by Crippen LogP contribution is 2.30. The maximum atomic E-state index is 12.5. The second-order valence-electron chi connectivity index (χ2n) is 4.42. The van der Waals surface area contributed by atoms with E-state index in [0.29, 0.717) is 29.8 Å². The molecule has 3 aromatic rings. The van der Waals surface area contributed by atoms with Gasteiger partial charge in [0, 0.05) is 20.1 Å².